The summed E-state index contributed by atoms with van der Waals surface area (Å²) in [5.74, 6) is -1.34. The molecule has 166 valence electrons. The highest BCUT2D eigenvalue weighted by Gasteiger charge is 2.48. The number of anilines is 1. The number of ketones is 1. The number of ether oxygens (including phenoxy) is 1. The SMILES string of the molecule is COc1cccc(C2/C(=C(\O)c3c(C)nc4ccccn34)C(=O)C(=O)N2c2nnc(C)s2)c1. The van der Waals surface area contributed by atoms with Gasteiger partial charge in [-0.2, -0.15) is 0 Å². The number of pyridine rings is 1. The number of aliphatic hydroxyl groups is 1. The molecule has 0 aliphatic carbocycles. The number of Topliss-reactive ketones (excluding diaryl/α,β-unsaturated/α-hetero) is 1. The van der Waals surface area contributed by atoms with E-state index in [0.717, 1.165) is 0 Å². The van der Waals surface area contributed by atoms with Crippen LogP contribution in [0.15, 0.2) is 54.2 Å². The van der Waals surface area contributed by atoms with Gasteiger partial charge >= 0.3 is 5.91 Å². The van der Waals surface area contributed by atoms with Gasteiger partial charge in [0.25, 0.3) is 5.78 Å². The molecule has 1 N–H and O–H groups in total. The van der Waals surface area contributed by atoms with Crippen LogP contribution in [0.2, 0.25) is 0 Å². The molecule has 0 bridgehead atoms. The van der Waals surface area contributed by atoms with E-state index < -0.39 is 17.7 Å². The number of methoxy groups -OCH3 is 1. The van der Waals surface area contributed by atoms with Crippen LogP contribution >= 0.6 is 11.3 Å². The molecular weight excluding hydrogens is 442 g/mol. The second kappa shape index (κ2) is 7.82. The van der Waals surface area contributed by atoms with E-state index in [9.17, 15) is 14.7 Å². The number of nitrogens with zero attached hydrogens (tertiary/aromatic N) is 5. The summed E-state index contributed by atoms with van der Waals surface area (Å²) in [4.78, 5) is 32.3. The molecule has 1 fully saturated rings. The minimum absolute atomic E-state index is 0.0464. The van der Waals surface area contributed by atoms with Gasteiger partial charge in [-0.25, -0.2) is 4.98 Å². The van der Waals surface area contributed by atoms with E-state index in [1.54, 1.807) is 60.8 Å². The minimum atomic E-state index is -0.916. The number of aliphatic hydroxyl groups excluding tert-OH is 1. The van der Waals surface area contributed by atoms with Crippen molar-refractivity contribution >= 4 is 39.6 Å². The molecule has 5 rings (SSSR count). The van der Waals surface area contributed by atoms with Gasteiger partial charge in [0.1, 0.15) is 22.1 Å². The Morgan fingerprint density at radius 2 is 1.94 bits per heavy atom. The lowest BCUT2D eigenvalue weighted by atomic mass is 9.96. The lowest BCUT2D eigenvalue weighted by Gasteiger charge is -2.22. The zero-order valence-electron chi connectivity index (χ0n) is 18.0. The van der Waals surface area contributed by atoms with Crippen LogP contribution < -0.4 is 9.64 Å². The molecule has 0 saturated carbocycles. The number of benzene rings is 1. The maximum Gasteiger partial charge on any atom is 0.301 e. The fourth-order valence-electron chi connectivity index (χ4n) is 4.07. The first-order valence-electron chi connectivity index (χ1n) is 10.1. The Hall–Kier alpha value is -4.05. The fraction of sp³-hybridized carbons (Fsp3) is 0.174. The second-order valence-corrected chi connectivity index (χ2v) is 8.68. The van der Waals surface area contributed by atoms with Crippen LogP contribution in [0, 0.1) is 13.8 Å². The maximum absolute atomic E-state index is 13.3. The molecule has 1 unspecified atom stereocenters. The zero-order valence-corrected chi connectivity index (χ0v) is 18.8. The molecule has 10 heteroatoms. The van der Waals surface area contributed by atoms with E-state index in [2.05, 4.69) is 15.2 Å². The highest BCUT2D eigenvalue weighted by Crippen LogP contribution is 2.43. The second-order valence-electron chi connectivity index (χ2n) is 7.52. The van der Waals surface area contributed by atoms with Crippen molar-refractivity contribution in [2.45, 2.75) is 19.9 Å². The standard InChI is InChI=1S/C23H19N5O4S/c1-12-18(27-10-5-4-9-16(27)24-12)20(29)17-19(14-7-6-8-15(11-14)32-3)28(22(31)21(17)30)23-26-25-13(2)33-23/h4-11,19,29H,1-3H3/b20-17+. The highest BCUT2D eigenvalue weighted by molar-refractivity contribution is 7.15. The number of carbonyl (C=O) groups excluding carboxylic acids is 2. The molecule has 0 spiro atoms. The van der Waals surface area contributed by atoms with E-state index in [0.29, 0.717) is 33.4 Å². The number of amides is 1. The van der Waals surface area contributed by atoms with Crippen molar-refractivity contribution in [3.05, 3.63) is 76.2 Å². The van der Waals surface area contributed by atoms with Crippen molar-refractivity contribution < 1.29 is 19.4 Å². The molecule has 1 aliphatic heterocycles. The molecule has 1 saturated heterocycles. The third-order valence-corrected chi connectivity index (χ3v) is 6.34. The van der Waals surface area contributed by atoms with Crippen molar-refractivity contribution in [3.63, 3.8) is 0 Å². The first-order chi connectivity index (χ1) is 15.9. The van der Waals surface area contributed by atoms with E-state index >= 15 is 0 Å². The number of imidazole rings is 1. The molecule has 1 aromatic carbocycles. The van der Waals surface area contributed by atoms with E-state index in [1.807, 2.05) is 6.07 Å². The predicted molar refractivity (Wildman–Crippen MR) is 122 cm³/mol. The van der Waals surface area contributed by atoms with Crippen molar-refractivity contribution in [2.75, 3.05) is 12.0 Å². The Morgan fingerprint density at radius 3 is 2.67 bits per heavy atom. The highest BCUT2D eigenvalue weighted by atomic mass is 32.1. The van der Waals surface area contributed by atoms with Crippen LogP contribution in [-0.4, -0.2) is 43.5 Å². The normalized spacial score (nSPS) is 17.8. The van der Waals surface area contributed by atoms with Gasteiger partial charge in [-0.05, 0) is 43.7 Å². The smallest absolute Gasteiger partial charge is 0.301 e. The lowest BCUT2D eigenvalue weighted by molar-refractivity contribution is -0.132. The third kappa shape index (κ3) is 3.26. The number of hydrogen-bond donors (Lipinski definition) is 1. The zero-order chi connectivity index (χ0) is 23.3. The quantitative estimate of drug-likeness (QED) is 0.282. The van der Waals surface area contributed by atoms with Crippen LogP contribution in [0.4, 0.5) is 5.13 Å². The van der Waals surface area contributed by atoms with Crippen molar-refractivity contribution in [2.24, 2.45) is 0 Å². The molecule has 3 aromatic heterocycles. The first-order valence-corrected chi connectivity index (χ1v) is 10.9. The Labute approximate surface area is 192 Å². The molecule has 0 radical (unpaired) electrons. The average Bonchev–Trinajstić information content (AvgIpc) is 3.46. The van der Waals surface area contributed by atoms with Gasteiger partial charge in [0.15, 0.2) is 5.76 Å². The van der Waals surface area contributed by atoms with E-state index in [4.69, 9.17) is 4.74 Å². The number of fused-ring (bicyclic) bond motifs is 1. The Balaban J connectivity index is 1.79. The minimum Gasteiger partial charge on any atom is -0.505 e. The van der Waals surface area contributed by atoms with E-state index in [1.165, 1.54) is 23.3 Å². The van der Waals surface area contributed by atoms with Gasteiger partial charge in [-0.3, -0.25) is 18.9 Å². The van der Waals surface area contributed by atoms with Gasteiger partial charge in [-0.1, -0.05) is 29.5 Å². The Morgan fingerprint density at radius 1 is 1.12 bits per heavy atom. The summed E-state index contributed by atoms with van der Waals surface area (Å²) < 4.78 is 7.04. The average molecular weight is 462 g/mol. The van der Waals surface area contributed by atoms with Gasteiger partial charge in [0.2, 0.25) is 5.13 Å². The van der Waals surface area contributed by atoms with Gasteiger partial charge < -0.3 is 9.84 Å². The summed E-state index contributed by atoms with van der Waals surface area (Å²) in [6.07, 6.45) is 1.75. The van der Waals surface area contributed by atoms with Gasteiger partial charge in [-0.15, -0.1) is 10.2 Å². The number of aryl methyl sites for hydroxylation is 2. The molecule has 1 atom stereocenters. The summed E-state index contributed by atoms with van der Waals surface area (Å²) in [5.41, 5.74) is 2.04. The topological polar surface area (TPSA) is 110 Å². The third-order valence-electron chi connectivity index (χ3n) is 5.50. The largest absolute Gasteiger partial charge is 0.505 e. The summed E-state index contributed by atoms with van der Waals surface area (Å²) in [7, 11) is 1.53. The van der Waals surface area contributed by atoms with Crippen LogP contribution in [0.25, 0.3) is 11.4 Å². The summed E-state index contributed by atoms with van der Waals surface area (Å²) in [6.45, 7) is 3.51. The molecule has 4 aromatic rings. The van der Waals surface area contributed by atoms with Crippen molar-refractivity contribution in [1.29, 1.82) is 0 Å². The fourth-order valence-corrected chi connectivity index (χ4v) is 4.78. The lowest BCUT2D eigenvalue weighted by Crippen LogP contribution is -2.29. The predicted octanol–water partition coefficient (Wildman–Crippen LogP) is 3.44. The van der Waals surface area contributed by atoms with Crippen LogP contribution in [0.1, 0.15) is 28.0 Å². The van der Waals surface area contributed by atoms with Gasteiger partial charge in [0, 0.05) is 6.20 Å². The molecular formula is C23H19N5O4S. The summed E-state index contributed by atoms with van der Waals surface area (Å²) >= 11 is 1.19. The molecule has 9 nitrogen and oxygen atoms in total. The monoisotopic (exact) mass is 461 g/mol. The van der Waals surface area contributed by atoms with Crippen molar-refractivity contribution in [3.8, 4) is 5.75 Å². The number of hydrogen-bond acceptors (Lipinski definition) is 8. The van der Waals surface area contributed by atoms with E-state index in [-0.39, 0.29) is 16.5 Å². The first kappa shape index (κ1) is 20.8. The van der Waals surface area contributed by atoms with Crippen LogP contribution in [0.3, 0.4) is 0 Å². The Bertz CT molecular complexity index is 1450. The number of carbonyl (C=O) groups is 2. The summed E-state index contributed by atoms with van der Waals surface area (Å²) in [5, 5.41) is 20.5. The Kier molecular flexibility index (Phi) is 4.94. The van der Waals surface area contributed by atoms with Crippen molar-refractivity contribution in [1.82, 2.24) is 19.6 Å². The number of rotatable bonds is 4. The van der Waals surface area contributed by atoms with Crippen LogP contribution in [0.5, 0.6) is 5.75 Å². The number of aromatic nitrogens is 4. The van der Waals surface area contributed by atoms with Gasteiger partial charge in [0.05, 0.1) is 24.4 Å². The summed E-state index contributed by atoms with van der Waals surface area (Å²) in [6, 6.07) is 11.5. The molecule has 33 heavy (non-hydrogen) atoms. The molecule has 1 aliphatic rings. The van der Waals surface area contributed by atoms with Crippen LogP contribution in [-0.2, 0) is 9.59 Å². The molecule has 1 amide bonds. The maximum atomic E-state index is 13.3. The molecule has 4 heterocycles.